The second-order valence-electron chi connectivity index (χ2n) is 3.41. The fraction of sp³-hybridized carbons (Fsp3) is 0.500. The molecule has 0 aliphatic carbocycles. The van der Waals surface area contributed by atoms with Crippen LogP contribution in [0, 0.1) is 0 Å². The van der Waals surface area contributed by atoms with Crippen molar-refractivity contribution < 1.29 is 8.42 Å². The highest BCUT2D eigenvalue weighted by molar-refractivity contribution is 9.10. The Bertz CT molecular complexity index is 587. The SMILES string of the molecule is CS(=O)(=O)CCCn1cc(Br)c(=O)[nH]c1=O. The van der Waals surface area contributed by atoms with Crippen molar-refractivity contribution in [2.75, 3.05) is 12.0 Å². The van der Waals surface area contributed by atoms with Gasteiger partial charge in [-0.3, -0.25) is 14.3 Å². The van der Waals surface area contributed by atoms with Gasteiger partial charge in [-0.25, -0.2) is 13.2 Å². The molecular formula is C8H11BrN2O4S. The molecule has 0 aliphatic rings. The maximum atomic E-state index is 11.3. The van der Waals surface area contributed by atoms with E-state index in [1.165, 1.54) is 10.8 Å². The third-order valence-electron chi connectivity index (χ3n) is 1.88. The highest BCUT2D eigenvalue weighted by Crippen LogP contribution is 1.99. The number of aromatic amines is 1. The van der Waals surface area contributed by atoms with Crippen LogP contribution in [0.1, 0.15) is 6.42 Å². The minimum absolute atomic E-state index is 0.0101. The summed E-state index contributed by atoms with van der Waals surface area (Å²) in [5, 5.41) is 0. The lowest BCUT2D eigenvalue weighted by Crippen LogP contribution is -2.30. The van der Waals surface area contributed by atoms with Crippen LogP contribution in [-0.4, -0.2) is 30.0 Å². The Balaban J connectivity index is 2.80. The second-order valence-corrected chi connectivity index (χ2v) is 6.53. The molecule has 0 fully saturated rings. The number of hydrogen-bond acceptors (Lipinski definition) is 4. The molecular weight excluding hydrogens is 300 g/mol. The molecule has 6 nitrogen and oxygen atoms in total. The Morgan fingerprint density at radius 3 is 2.62 bits per heavy atom. The molecule has 0 atom stereocenters. The summed E-state index contributed by atoms with van der Waals surface area (Å²) in [5.74, 6) is 0.0101. The van der Waals surface area contributed by atoms with Crippen molar-refractivity contribution in [1.29, 1.82) is 0 Å². The Hall–Kier alpha value is -0.890. The van der Waals surface area contributed by atoms with Gasteiger partial charge in [0.15, 0.2) is 0 Å². The van der Waals surface area contributed by atoms with Crippen LogP contribution in [-0.2, 0) is 16.4 Å². The van der Waals surface area contributed by atoms with E-state index >= 15 is 0 Å². The molecule has 1 rings (SSSR count). The smallest absolute Gasteiger partial charge is 0.299 e. The van der Waals surface area contributed by atoms with E-state index in [9.17, 15) is 18.0 Å². The summed E-state index contributed by atoms with van der Waals surface area (Å²) in [6, 6.07) is 0. The zero-order valence-corrected chi connectivity index (χ0v) is 11.0. The molecule has 90 valence electrons. The van der Waals surface area contributed by atoms with E-state index in [0.717, 1.165) is 6.26 Å². The fourth-order valence-corrected chi connectivity index (χ4v) is 2.15. The van der Waals surface area contributed by atoms with Crippen LogP contribution in [0.4, 0.5) is 0 Å². The Kier molecular flexibility index (Phi) is 4.09. The van der Waals surface area contributed by atoms with E-state index in [2.05, 4.69) is 20.9 Å². The van der Waals surface area contributed by atoms with Crippen molar-refractivity contribution in [2.45, 2.75) is 13.0 Å². The van der Waals surface area contributed by atoms with E-state index in [0.29, 0.717) is 6.42 Å². The predicted molar refractivity (Wildman–Crippen MR) is 63.4 cm³/mol. The average molecular weight is 311 g/mol. The number of halogens is 1. The first kappa shape index (κ1) is 13.2. The maximum absolute atomic E-state index is 11.3. The number of nitrogens with zero attached hydrogens (tertiary/aromatic N) is 1. The van der Waals surface area contributed by atoms with Gasteiger partial charge in [0.25, 0.3) is 5.56 Å². The fourth-order valence-electron chi connectivity index (χ4n) is 1.15. The van der Waals surface area contributed by atoms with E-state index in [-0.39, 0.29) is 16.8 Å². The van der Waals surface area contributed by atoms with Crippen molar-refractivity contribution in [3.05, 3.63) is 31.5 Å². The third-order valence-corrected chi connectivity index (χ3v) is 3.48. The van der Waals surface area contributed by atoms with Crippen molar-refractivity contribution in [2.24, 2.45) is 0 Å². The second kappa shape index (κ2) is 4.96. The van der Waals surface area contributed by atoms with Gasteiger partial charge in [-0.1, -0.05) is 0 Å². The first-order valence-corrected chi connectivity index (χ1v) is 7.32. The molecule has 8 heteroatoms. The normalized spacial score (nSPS) is 11.6. The molecule has 0 aromatic carbocycles. The number of aromatic nitrogens is 2. The molecule has 0 radical (unpaired) electrons. The largest absolute Gasteiger partial charge is 0.328 e. The Labute approximate surface area is 100 Å². The van der Waals surface area contributed by atoms with Crippen molar-refractivity contribution in [3.63, 3.8) is 0 Å². The minimum Gasteiger partial charge on any atom is -0.299 e. The number of H-pyrrole nitrogens is 1. The summed E-state index contributed by atoms with van der Waals surface area (Å²) >= 11 is 2.99. The predicted octanol–water partition coefficient (Wildman–Crippen LogP) is -0.266. The molecule has 0 unspecified atom stereocenters. The lowest BCUT2D eigenvalue weighted by molar-refractivity contribution is 0.585. The third kappa shape index (κ3) is 3.93. The molecule has 1 aromatic rings. The van der Waals surface area contributed by atoms with Crippen LogP contribution in [0.3, 0.4) is 0 Å². The van der Waals surface area contributed by atoms with Gasteiger partial charge in [0.2, 0.25) is 0 Å². The summed E-state index contributed by atoms with van der Waals surface area (Å²) < 4.78 is 23.2. The van der Waals surface area contributed by atoms with Gasteiger partial charge in [0.05, 0.1) is 10.2 Å². The molecule has 0 amide bonds. The minimum atomic E-state index is -3.02. The Morgan fingerprint density at radius 2 is 2.06 bits per heavy atom. The van der Waals surface area contributed by atoms with Crippen LogP contribution >= 0.6 is 15.9 Å². The molecule has 16 heavy (non-hydrogen) atoms. The molecule has 0 saturated heterocycles. The first-order valence-electron chi connectivity index (χ1n) is 4.46. The van der Waals surface area contributed by atoms with Crippen LogP contribution in [0.2, 0.25) is 0 Å². The summed E-state index contributed by atoms with van der Waals surface area (Å²) in [5.41, 5.74) is -1.04. The zero-order chi connectivity index (χ0) is 12.3. The highest BCUT2D eigenvalue weighted by Gasteiger charge is 2.04. The van der Waals surface area contributed by atoms with Gasteiger partial charge in [0.1, 0.15) is 9.84 Å². The van der Waals surface area contributed by atoms with Crippen LogP contribution in [0.15, 0.2) is 20.3 Å². The van der Waals surface area contributed by atoms with Crippen molar-refractivity contribution in [3.8, 4) is 0 Å². The van der Waals surface area contributed by atoms with Crippen molar-refractivity contribution in [1.82, 2.24) is 9.55 Å². The lowest BCUT2D eigenvalue weighted by atomic mass is 10.4. The van der Waals surface area contributed by atoms with Gasteiger partial charge < -0.3 is 0 Å². The van der Waals surface area contributed by atoms with E-state index < -0.39 is 21.1 Å². The molecule has 1 aromatic heterocycles. The number of nitrogens with one attached hydrogen (secondary N) is 1. The average Bonchev–Trinajstić information content (AvgIpc) is 2.11. The van der Waals surface area contributed by atoms with Gasteiger partial charge in [-0.2, -0.15) is 0 Å². The molecule has 1 heterocycles. The number of sulfone groups is 1. The van der Waals surface area contributed by atoms with E-state index in [4.69, 9.17) is 0 Å². The monoisotopic (exact) mass is 310 g/mol. The Morgan fingerprint density at radius 1 is 1.44 bits per heavy atom. The van der Waals surface area contributed by atoms with Crippen LogP contribution in [0.5, 0.6) is 0 Å². The molecule has 0 aliphatic heterocycles. The molecule has 1 N–H and O–H groups in total. The van der Waals surface area contributed by atoms with E-state index in [1.54, 1.807) is 0 Å². The van der Waals surface area contributed by atoms with Gasteiger partial charge >= 0.3 is 5.69 Å². The highest BCUT2D eigenvalue weighted by atomic mass is 79.9. The summed E-state index contributed by atoms with van der Waals surface area (Å²) in [6.45, 7) is 0.251. The summed E-state index contributed by atoms with van der Waals surface area (Å²) in [6.07, 6.45) is 2.82. The standard InChI is InChI=1S/C8H11BrN2O4S/c1-16(14,15)4-2-3-11-5-6(9)7(12)10-8(11)13/h5H,2-4H2,1H3,(H,10,12,13). The molecule has 0 spiro atoms. The lowest BCUT2D eigenvalue weighted by Gasteiger charge is -2.04. The number of hydrogen-bond donors (Lipinski definition) is 1. The van der Waals surface area contributed by atoms with Gasteiger partial charge in [-0.15, -0.1) is 0 Å². The molecule has 0 saturated carbocycles. The quantitative estimate of drug-likeness (QED) is 0.829. The van der Waals surface area contributed by atoms with Gasteiger partial charge in [-0.05, 0) is 22.4 Å². The van der Waals surface area contributed by atoms with E-state index in [1.807, 2.05) is 0 Å². The topological polar surface area (TPSA) is 89.0 Å². The van der Waals surface area contributed by atoms with Crippen LogP contribution in [0.25, 0.3) is 0 Å². The molecule has 0 bridgehead atoms. The zero-order valence-electron chi connectivity index (χ0n) is 8.57. The van der Waals surface area contributed by atoms with Gasteiger partial charge in [0, 0.05) is 19.0 Å². The number of rotatable bonds is 4. The number of aryl methyl sites for hydroxylation is 1. The maximum Gasteiger partial charge on any atom is 0.328 e. The first-order chi connectivity index (χ1) is 7.29. The van der Waals surface area contributed by atoms with Crippen LogP contribution < -0.4 is 11.2 Å². The summed E-state index contributed by atoms with van der Waals surface area (Å²) in [4.78, 5) is 24.4. The van der Waals surface area contributed by atoms with Crippen molar-refractivity contribution >= 4 is 25.8 Å². The summed E-state index contributed by atoms with van der Waals surface area (Å²) in [7, 11) is -3.02.